The van der Waals surface area contributed by atoms with Crippen molar-refractivity contribution in [3.63, 3.8) is 0 Å². The Balaban J connectivity index is 2.13. The largest absolute Gasteiger partial charge is 0.456 e. The number of nitrogens with two attached hydrogens (primary N) is 1. The molecule has 6 heteroatoms. The molecule has 1 heterocycles. The Morgan fingerprint density at radius 2 is 2.15 bits per heavy atom. The molecule has 0 bridgehead atoms. The number of hydrogen-bond acceptors (Lipinski definition) is 4. The van der Waals surface area contributed by atoms with E-state index in [1.807, 2.05) is 0 Å². The van der Waals surface area contributed by atoms with E-state index in [4.69, 9.17) is 10.5 Å². The molecule has 0 aliphatic carbocycles. The van der Waals surface area contributed by atoms with Gasteiger partial charge in [0.25, 0.3) is 0 Å². The van der Waals surface area contributed by atoms with Crippen LogP contribution in [0.2, 0.25) is 0 Å². The molecular weight excluding hydrogens is 261 g/mol. The van der Waals surface area contributed by atoms with Gasteiger partial charge in [-0.2, -0.15) is 5.10 Å². The van der Waals surface area contributed by atoms with Crippen LogP contribution >= 0.6 is 0 Å². The molecule has 0 saturated heterocycles. The number of aromatic nitrogens is 2. The minimum absolute atomic E-state index is 0.0641. The third kappa shape index (κ3) is 2.64. The Kier molecular flexibility index (Phi) is 3.74. The summed E-state index contributed by atoms with van der Waals surface area (Å²) >= 11 is 0. The lowest BCUT2D eigenvalue weighted by atomic mass is 10.1. The van der Waals surface area contributed by atoms with Crippen molar-refractivity contribution in [2.24, 2.45) is 7.05 Å². The second-order valence-corrected chi connectivity index (χ2v) is 4.62. The lowest BCUT2D eigenvalue weighted by Crippen LogP contribution is -2.13. The highest BCUT2D eigenvalue weighted by Crippen LogP contribution is 2.18. The number of anilines is 1. The maximum absolute atomic E-state index is 13.0. The standard InChI is InChI=1S/C14H16FN3O2/c1-8-6-11(15)5-4-10(8)7-20-14(19)13-12(16)9(2)17-18(13)3/h4-6H,7,16H2,1-3H3. The second-order valence-electron chi connectivity index (χ2n) is 4.62. The van der Waals surface area contributed by atoms with Crippen molar-refractivity contribution in [3.8, 4) is 0 Å². The number of ether oxygens (including phenoxy) is 1. The summed E-state index contributed by atoms with van der Waals surface area (Å²) in [4.78, 5) is 12.0. The van der Waals surface area contributed by atoms with E-state index in [0.29, 0.717) is 11.4 Å². The van der Waals surface area contributed by atoms with Gasteiger partial charge in [-0.3, -0.25) is 4.68 Å². The average molecular weight is 277 g/mol. The topological polar surface area (TPSA) is 70.1 Å². The van der Waals surface area contributed by atoms with E-state index in [0.717, 1.165) is 11.1 Å². The molecule has 0 atom stereocenters. The van der Waals surface area contributed by atoms with Gasteiger partial charge in [0.2, 0.25) is 0 Å². The van der Waals surface area contributed by atoms with Crippen molar-refractivity contribution in [3.05, 3.63) is 46.5 Å². The predicted molar refractivity (Wildman–Crippen MR) is 72.6 cm³/mol. The highest BCUT2D eigenvalue weighted by molar-refractivity contribution is 5.93. The van der Waals surface area contributed by atoms with Crippen molar-refractivity contribution in [2.75, 3.05) is 5.73 Å². The molecule has 1 aromatic carbocycles. The fourth-order valence-electron chi connectivity index (χ4n) is 1.95. The molecule has 106 valence electrons. The molecule has 20 heavy (non-hydrogen) atoms. The summed E-state index contributed by atoms with van der Waals surface area (Å²) in [6.45, 7) is 3.54. The summed E-state index contributed by atoms with van der Waals surface area (Å²) in [7, 11) is 1.63. The first-order valence-electron chi connectivity index (χ1n) is 6.11. The molecular formula is C14H16FN3O2. The van der Waals surface area contributed by atoms with E-state index >= 15 is 0 Å². The second kappa shape index (κ2) is 5.32. The van der Waals surface area contributed by atoms with Crippen LogP contribution in [0.5, 0.6) is 0 Å². The summed E-state index contributed by atoms with van der Waals surface area (Å²) in [5.41, 5.74) is 8.38. The van der Waals surface area contributed by atoms with E-state index < -0.39 is 5.97 Å². The van der Waals surface area contributed by atoms with Gasteiger partial charge in [0.15, 0.2) is 5.69 Å². The summed E-state index contributed by atoms with van der Waals surface area (Å²) in [5.74, 6) is -0.863. The fourth-order valence-corrected chi connectivity index (χ4v) is 1.95. The van der Waals surface area contributed by atoms with E-state index in [1.54, 1.807) is 27.0 Å². The number of carbonyl (C=O) groups is 1. The molecule has 0 aliphatic rings. The first-order valence-corrected chi connectivity index (χ1v) is 6.11. The van der Waals surface area contributed by atoms with Crippen LogP contribution in [-0.2, 0) is 18.4 Å². The molecule has 1 aromatic heterocycles. The van der Waals surface area contributed by atoms with Crippen LogP contribution in [0.4, 0.5) is 10.1 Å². The van der Waals surface area contributed by atoms with Crippen LogP contribution in [0.15, 0.2) is 18.2 Å². The summed E-state index contributed by atoms with van der Waals surface area (Å²) < 4.78 is 19.6. The zero-order chi connectivity index (χ0) is 14.9. The Labute approximate surface area is 116 Å². The number of halogens is 1. The molecule has 2 rings (SSSR count). The molecule has 5 nitrogen and oxygen atoms in total. The highest BCUT2D eigenvalue weighted by Gasteiger charge is 2.19. The first kappa shape index (κ1) is 14.0. The Morgan fingerprint density at radius 1 is 1.45 bits per heavy atom. The molecule has 0 saturated carbocycles. The average Bonchev–Trinajstić information content (AvgIpc) is 2.62. The van der Waals surface area contributed by atoms with Crippen molar-refractivity contribution in [1.82, 2.24) is 9.78 Å². The normalized spacial score (nSPS) is 10.6. The van der Waals surface area contributed by atoms with Crippen LogP contribution in [-0.4, -0.2) is 15.7 Å². The number of hydrogen-bond donors (Lipinski definition) is 1. The maximum atomic E-state index is 13.0. The Morgan fingerprint density at radius 3 is 2.70 bits per heavy atom. The van der Waals surface area contributed by atoms with Crippen LogP contribution in [0.25, 0.3) is 0 Å². The number of aryl methyl sites for hydroxylation is 3. The van der Waals surface area contributed by atoms with Crippen molar-refractivity contribution >= 4 is 11.7 Å². The smallest absolute Gasteiger partial charge is 0.359 e. The third-order valence-corrected chi connectivity index (χ3v) is 3.13. The van der Waals surface area contributed by atoms with Crippen LogP contribution in [0.3, 0.4) is 0 Å². The van der Waals surface area contributed by atoms with Crippen LogP contribution < -0.4 is 5.73 Å². The molecule has 2 aromatic rings. The van der Waals surface area contributed by atoms with Gasteiger partial charge in [0.1, 0.15) is 12.4 Å². The monoisotopic (exact) mass is 277 g/mol. The Hall–Kier alpha value is -2.37. The van der Waals surface area contributed by atoms with Gasteiger partial charge in [0, 0.05) is 7.05 Å². The van der Waals surface area contributed by atoms with Crippen molar-refractivity contribution < 1.29 is 13.9 Å². The lowest BCUT2D eigenvalue weighted by molar-refractivity contribution is 0.0460. The summed E-state index contributed by atoms with van der Waals surface area (Å²) in [5, 5.41) is 4.06. The van der Waals surface area contributed by atoms with Gasteiger partial charge in [-0.05, 0) is 37.1 Å². The minimum Gasteiger partial charge on any atom is -0.456 e. The quantitative estimate of drug-likeness (QED) is 0.872. The third-order valence-electron chi connectivity index (χ3n) is 3.13. The summed E-state index contributed by atoms with van der Waals surface area (Å²) in [6, 6.07) is 4.32. The number of esters is 1. The lowest BCUT2D eigenvalue weighted by Gasteiger charge is -2.08. The number of nitrogen functional groups attached to an aromatic ring is 1. The van der Waals surface area contributed by atoms with E-state index in [1.165, 1.54) is 16.8 Å². The molecule has 0 spiro atoms. The number of carbonyl (C=O) groups excluding carboxylic acids is 1. The van der Waals surface area contributed by atoms with Gasteiger partial charge >= 0.3 is 5.97 Å². The SMILES string of the molecule is Cc1cc(F)ccc1COC(=O)c1c(N)c(C)nn1C. The van der Waals surface area contributed by atoms with Gasteiger partial charge in [-0.15, -0.1) is 0 Å². The molecule has 0 fully saturated rings. The predicted octanol–water partition coefficient (Wildman–Crippen LogP) is 2.12. The summed E-state index contributed by atoms with van der Waals surface area (Å²) in [6.07, 6.45) is 0. The van der Waals surface area contributed by atoms with Crippen molar-refractivity contribution in [2.45, 2.75) is 20.5 Å². The van der Waals surface area contributed by atoms with E-state index in [9.17, 15) is 9.18 Å². The van der Waals surface area contributed by atoms with Crippen LogP contribution in [0, 0.1) is 19.7 Å². The fraction of sp³-hybridized carbons (Fsp3) is 0.286. The van der Waals surface area contributed by atoms with Crippen LogP contribution in [0.1, 0.15) is 27.3 Å². The zero-order valence-electron chi connectivity index (χ0n) is 11.6. The first-order chi connectivity index (χ1) is 9.40. The minimum atomic E-state index is -0.547. The number of nitrogens with zero attached hydrogens (tertiary/aromatic N) is 2. The van der Waals surface area contributed by atoms with Gasteiger partial charge in [-0.25, -0.2) is 9.18 Å². The highest BCUT2D eigenvalue weighted by atomic mass is 19.1. The molecule has 2 N–H and O–H groups in total. The number of benzene rings is 1. The molecule has 0 aliphatic heterocycles. The zero-order valence-corrected chi connectivity index (χ0v) is 11.6. The van der Waals surface area contributed by atoms with Crippen molar-refractivity contribution in [1.29, 1.82) is 0 Å². The van der Waals surface area contributed by atoms with Gasteiger partial charge < -0.3 is 10.5 Å². The molecule has 0 unspecified atom stereocenters. The van der Waals surface area contributed by atoms with E-state index in [-0.39, 0.29) is 18.1 Å². The molecule has 0 radical (unpaired) electrons. The molecule has 0 amide bonds. The van der Waals surface area contributed by atoms with Gasteiger partial charge in [0.05, 0.1) is 11.4 Å². The number of rotatable bonds is 3. The maximum Gasteiger partial charge on any atom is 0.359 e. The Bertz CT molecular complexity index is 665. The van der Waals surface area contributed by atoms with E-state index in [2.05, 4.69) is 5.10 Å². The van der Waals surface area contributed by atoms with Gasteiger partial charge in [-0.1, -0.05) is 6.07 Å².